The lowest BCUT2D eigenvalue weighted by Gasteiger charge is -2.03. The molecule has 82 valence electrons. The first-order valence-electron chi connectivity index (χ1n) is 4.79. The Morgan fingerprint density at radius 1 is 1.67 bits per heavy atom. The van der Waals surface area contributed by atoms with Crippen molar-refractivity contribution < 1.29 is 4.79 Å². The molecule has 2 N–H and O–H groups in total. The zero-order valence-electron chi connectivity index (χ0n) is 8.53. The molecule has 1 aromatic heterocycles. The van der Waals surface area contributed by atoms with Crippen LogP contribution < -0.4 is 10.6 Å². The maximum atomic E-state index is 11.2. The van der Waals surface area contributed by atoms with Crippen LogP contribution in [0.5, 0.6) is 0 Å². The van der Waals surface area contributed by atoms with Crippen molar-refractivity contribution >= 4 is 17.2 Å². The Labute approximate surface area is 93.4 Å². The molecule has 0 aliphatic heterocycles. The number of hydrogen-bond acceptors (Lipinski definition) is 4. The molecule has 0 radical (unpaired) electrons. The fourth-order valence-electron chi connectivity index (χ4n) is 1.04. The van der Waals surface area contributed by atoms with Crippen molar-refractivity contribution in [3.8, 4) is 0 Å². The van der Waals surface area contributed by atoms with Crippen molar-refractivity contribution in [2.24, 2.45) is 0 Å². The second kappa shape index (κ2) is 7.14. The average Bonchev–Trinajstić information content (AvgIpc) is 2.71. The van der Waals surface area contributed by atoms with E-state index in [0.717, 1.165) is 11.4 Å². The number of aromatic nitrogens is 1. The molecular weight excluding hydrogens is 210 g/mol. The van der Waals surface area contributed by atoms with E-state index < -0.39 is 0 Å². The van der Waals surface area contributed by atoms with Gasteiger partial charge in [0, 0.05) is 31.1 Å². The van der Waals surface area contributed by atoms with Crippen LogP contribution in [0.25, 0.3) is 0 Å². The maximum Gasteiger partial charge on any atom is 0.233 e. The van der Waals surface area contributed by atoms with Gasteiger partial charge in [-0.1, -0.05) is 6.08 Å². The minimum atomic E-state index is 0.00778. The topological polar surface area (TPSA) is 54.0 Å². The summed E-state index contributed by atoms with van der Waals surface area (Å²) in [5, 5.41) is 8.73. The average molecular weight is 225 g/mol. The van der Waals surface area contributed by atoms with Crippen molar-refractivity contribution in [2.75, 3.05) is 19.6 Å². The van der Waals surface area contributed by atoms with E-state index in [2.05, 4.69) is 22.2 Å². The molecular formula is C10H15N3OS. The molecule has 15 heavy (non-hydrogen) atoms. The van der Waals surface area contributed by atoms with Gasteiger partial charge < -0.3 is 10.6 Å². The molecule has 5 heteroatoms. The van der Waals surface area contributed by atoms with E-state index in [0.29, 0.717) is 19.6 Å². The molecule has 0 saturated heterocycles. The highest BCUT2D eigenvalue weighted by Gasteiger charge is 2.00. The first-order chi connectivity index (χ1) is 7.33. The minimum Gasteiger partial charge on any atom is -0.355 e. The summed E-state index contributed by atoms with van der Waals surface area (Å²) in [6.45, 7) is 5.18. The molecule has 4 nitrogen and oxygen atoms in total. The summed E-state index contributed by atoms with van der Waals surface area (Å²) in [6, 6.07) is 0. The van der Waals surface area contributed by atoms with Crippen LogP contribution >= 0.6 is 11.3 Å². The lowest BCUT2D eigenvalue weighted by atomic mass is 10.4. The van der Waals surface area contributed by atoms with E-state index in [-0.39, 0.29) is 5.91 Å². The van der Waals surface area contributed by atoms with Crippen LogP contribution in [0.1, 0.15) is 5.01 Å². The first kappa shape index (κ1) is 11.9. The van der Waals surface area contributed by atoms with Gasteiger partial charge >= 0.3 is 0 Å². The Morgan fingerprint density at radius 2 is 2.53 bits per heavy atom. The van der Waals surface area contributed by atoms with Crippen LogP contribution in [-0.2, 0) is 11.2 Å². The summed E-state index contributed by atoms with van der Waals surface area (Å²) in [5.41, 5.74) is 0. The summed E-state index contributed by atoms with van der Waals surface area (Å²) in [4.78, 5) is 15.3. The van der Waals surface area contributed by atoms with E-state index in [9.17, 15) is 4.79 Å². The predicted molar refractivity (Wildman–Crippen MR) is 61.9 cm³/mol. The highest BCUT2D eigenvalue weighted by Crippen LogP contribution is 2.03. The molecule has 0 atom stereocenters. The Morgan fingerprint density at radius 3 is 3.20 bits per heavy atom. The smallest absolute Gasteiger partial charge is 0.233 e. The summed E-state index contributed by atoms with van der Waals surface area (Å²) < 4.78 is 0. The largest absolute Gasteiger partial charge is 0.355 e. The lowest BCUT2D eigenvalue weighted by Crippen LogP contribution is -2.34. The van der Waals surface area contributed by atoms with Crippen LogP contribution in [0.15, 0.2) is 24.2 Å². The number of nitrogens with one attached hydrogen (secondary N) is 2. The monoisotopic (exact) mass is 225 g/mol. The SMILES string of the molecule is C=CCNCC(=O)NCCc1nccs1. The molecule has 0 saturated carbocycles. The first-order valence-corrected chi connectivity index (χ1v) is 5.67. The van der Waals surface area contributed by atoms with Gasteiger partial charge in [-0.2, -0.15) is 0 Å². The highest BCUT2D eigenvalue weighted by atomic mass is 32.1. The van der Waals surface area contributed by atoms with Crippen LogP contribution in [0.3, 0.4) is 0 Å². The molecule has 1 rings (SSSR count). The van der Waals surface area contributed by atoms with E-state index in [1.165, 1.54) is 0 Å². The number of amides is 1. The third-order valence-corrected chi connectivity index (χ3v) is 2.56. The van der Waals surface area contributed by atoms with Crippen molar-refractivity contribution in [3.63, 3.8) is 0 Å². The maximum absolute atomic E-state index is 11.2. The summed E-state index contributed by atoms with van der Waals surface area (Å²) in [7, 11) is 0. The molecule has 1 amide bonds. The van der Waals surface area contributed by atoms with Gasteiger partial charge in [0.2, 0.25) is 5.91 Å². The third kappa shape index (κ3) is 5.29. The summed E-state index contributed by atoms with van der Waals surface area (Å²) in [5.74, 6) is 0.00778. The molecule has 0 spiro atoms. The van der Waals surface area contributed by atoms with Gasteiger partial charge in [-0.25, -0.2) is 4.98 Å². The fourth-order valence-corrected chi connectivity index (χ4v) is 1.66. The van der Waals surface area contributed by atoms with Crippen LogP contribution in [0.4, 0.5) is 0 Å². The molecule has 1 aromatic rings. The van der Waals surface area contributed by atoms with E-state index in [1.54, 1.807) is 23.6 Å². The quantitative estimate of drug-likeness (QED) is 0.527. The standard InChI is InChI=1S/C10H15N3OS/c1-2-4-11-8-9(14)12-5-3-10-13-6-7-15-10/h2,6-7,11H,1,3-5,8H2,(H,12,14). The predicted octanol–water partition coefficient (Wildman–Crippen LogP) is 0.577. The minimum absolute atomic E-state index is 0.00778. The molecule has 1 heterocycles. The molecule has 0 fully saturated rings. The number of carbonyl (C=O) groups excluding carboxylic acids is 1. The van der Waals surface area contributed by atoms with Gasteiger partial charge in [0.25, 0.3) is 0 Å². The Kier molecular flexibility index (Phi) is 5.65. The summed E-state index contributed by atoms with van der Waals surface area (Å²) in [6.07, 6.45) is 4.29. The van der Waals surface area contributed by atoms with E-state index in [4.69, 9.17) is 0 Å². The molecule has 0 unspecified atom stereocenters. The molecule has 0 bridgehead atoms. The van der Waals surface area contributed by atoms with E-state index >= 15 is 0 Å². The Balaban J connectivity index is 2.04. The number of hydrogen-bond donors (Lipinski definition) is 2. The highest BCUT2D eigenvalue weighted by molar-refractivity contribution is 7.09. The lowest BCUT2D eigenvalue weighted by molar-refractivity contribution is -0.120. The molecule has 0 aliphatic carbocycles. The van der Waals surface area contributed by atoms with Crippen molar-refractivity contribution in [3.05, 3.63) is 29.2 Å². The van der Waals surface area contributed by atoms with Crippen LogP contribution in [0.2, 0.25) is 0 Å². The van der Waals surface area contributed by atoms with Gasteiger partial charge in [-0.05, 0) is 0 Å². The second-order valence-corrected chi connectivity index (χ2v) is 3.92. The zero-order chi connectivity index (χ0) is 10.9. The number of rotatable bonds is 7. The molecule has 0 aromatic carbocycles. The number of thiazole rings is 1. The van der Waals surface area contributed by atoms with Crippen LogP contribution in [-0.4, -0.2) is 30.5 Å². The van der Waals surface area contributed by atoms with Crippen LogP contribution in [0, 0.1) is 0 Å². The van der Waals surface area contributed by atoms with E-state index in [1.807, 2.05) is 5.38 Å². The van der Waals surface area contributed by atoms with Gasteiger partial charge in [0.15, 0.2) is 0 Å². The summed E-state index contributed by atoms with van der Waals surface area (Å²) >= 11 is 1.60. The second-order valence-electron chi connectivity index (χ2n) is 2.95. The van der Waals surface area contributed by atoms with Gasteiger partial charge in [-0.3, -0.25) is 4.79 Å². The fraction of sp³-hybridized carbons (Fsp3) is 0.400. The van der Waals surface area contributed by atoms with Gasteiger partial charge in [-0.15, -0.1) is 17.9 Å². The zero-order valence-corrected chi connectivity index (χ0v) is 9.35. The van der Waals surface area contributed by atoms with Gasteiger partial charge in [0.1, 0.15) is 0 Å². The van der Waals surface area contributed by atoms with Crippen molar-refractivity contribution in [1.82, 2.24) is 15.6 Å². The number of carbonyl (C=O) groups is 1. The number of nitrogens with zero attached hydrogens (tertiary/aromatic N) is 1. The normalized spacial score (nSPS) is 9.87. The molecule has 0 aliphatic rings. The van der Waals surface area contributed by atoms with Gasteiger partial charge in [0.05, 0.1) is 11.6 Å². The Bertz CT molecular complexity index is 298. The van der Waals surface area contributed by atoms with Crippen molar-refractivity contribution in [2.45, 2.75) is 6.42 Å². The Hall–Kier alpha value is -1.20. The third-order valence-electron chi connectivity index (χ3n) is 1.72. The van der Waals surface area contributed by atoms with Crippen molar-refractivity contribution in [1.29, 1.82) is 0 Å².